The zero-order valence-electron chi connectivity index (χ0n) is 14.8. The Labute approximate surface area is 165 Å². The molecule has 0 radical (unpaired) electrons. The summed E-state index contributed by atoms with van der Waals surface area (Å²) >= 11 is 4.91. The number of ether oxygens (including phenoxy) is 1. The van der Waals surface area contributed by atoms with Gasteiger partial charge in [-0.05, 0) is 44.5 Å². The lowest BCUT2D eigenvalue weighted by molar-refractivity contribution is -0.118. The van der Waals surface area contributed by atoms with Crippen LogP contribution in [0.15, 0.2) is 46.9 Å². The molecule has 0 spiro atoms. The van der Waals surface area contributed by atoms with Crippen LogP contribution < -0.4 is 10.1 Å². The number of hydrogen-bond donors (Lipinski definition) is 1. The summed E-state index contributed by atoms with van der Waals surface area (Å²) in [5.74, 6) is 0.436. The minimum atomic E-state index is -0.227. The van der Waals surface area contributed by atoms with Crippen LogP contribution in [-0.2, 0) is 4.79 Å². The van der Waals surface area contributed by atoms with Crippen molar-refractivity contribution in [1.29, 1.82) is 0 Å². The van der Waals surface area contributed by atoms with Gasteiger partial charge in [0.05, 0.1) is 5.69 Å². The molecule has 3 aromatic rings. The summed E-state index contributed by atoms with van der Waals surface area (Å²) in [6.07, 6.45) is 0. The highest BCUT2D eigenvalue weighted by molar-refractivity contribution is 9.10. The molecule has 0 aliphatic rings. The van der Waals surface area contributed by atoms with E-state index in [0.29, 0.717) is 10.9 Å². The zero-order chi connectivity index (χ0) is 18.7. The second-order valence-corrected chi connectivity index (χ2v) is 8.10. The highest BCUT2D eigenvalue weighted by Crippen LogP contribution is 2.30. The van der Waals surface area contributed by atoms with Crippen molar-refractivity contribution in [2.75, 3.05) is 11.9 Å². The summed E-state index contributed by atoms with van der Waals surface area (Å²) in [6, 6.07) is 13.8. The first-order chi connectivity index (χ1) is 12.4. The minimum absolute atomic E-state index is 0.0560. The molecule has 0 unspecified atom stereocenters. The smallest absolute Gasteiger partial charge is 0.264 e. The second-order valence-electron chi connectivity index (χ2n) is 6.04. The first kappa shape index (κ1) is 18.6. The third kappa shape index (κ3) is 4.51. The van der Waals surface area contributed by atoms with E-state index in [1.165, 1.54) is 16.9 Å². The number of amides is 1. The van der Waals surface area contributed by atoms with Crippen molar-refractivity contribution in [3.63, 3.8) is 0 Å². The number of nitrogens with zero attached hydrogens (tertiary/aromatic N) is 1. The number of hydrogen-bond acceptors (Lipinski definition) is 4. The van der Waals surface area contributed by atoms with Crippen molar-refractivity contribution in [3.05, 3.63) is 62.9 Å². The van der Waals surface area contributed by atoms with Gasteiger partial charge in [0.25, 0.3) is 5.91 Å². The van der Waals surface area contributed by atoms with Crippen LogP contribution in [0.1, 0.15) is 16.0 Å². The van der Waals surface area contributed by atoms with Crippen LogP contribution in [0.4, 0.5) is 5.13 Å². The van der Waals surface area contributed by atoms with Gasteiger partial charge < -0.3 is 4.74 Å². The molecule has 1 amide bonds. The fraction of sp³-hybridized carbons (Fsp3) is 0.200. The summed E-state index contributed by atoms with van der Waals surface area (Å²) in [5, 5.41) is 3.40. The fourth-order valence-corrected chi connectivity index (χ4v) is 3.54. The molecule has 134 valence electrons. The first-order valence-electron chi connectivity index (χ1n) is 8.15. The van der Waals surface area contributed by atoms with Gasteiger partial charge in [0.1, 0.15) is 5.75 Å². The molecule has 0 aliphatic heterocycles. The molecular weight excluding hydrogens is 412 g/mol. The molecule has 26 heavy (non-hydrogen) atoms. The van der Waals surface area contributed by atoms with E-state index < -0.39 is 0 Å². The number of aromatic nitrogens is 1. The Morgan fingerprint density at radius 3 is 2.58 bits per heavy atom. The summed E-state index contributed by atoms with van der Waals surface area (Å²) in [7, 11) is 0. The van der Waals surface area contributed by atoms with E-state index in [9.17, 15) is 4.79 Å². The van der Waals surface area contributed by atoms with Crippen LogP contribution in [0.2, 0.25) is 0 Å². The van der Waals surface area contributed by atoms with Crippen LogP contribution in [0.5, 0.6) is 5.75 Å². The molecule has 2 aromatic carbocycles. The molecule has 0 saturated heterocycles. The first-order valence-corrected chi connectivity index (χ1v) is 9.76. The Morgan fingerprint density at radius 2 is 1.88 bits per heavy atom. The van der Waals surface area contributed by atoms with Crippen molar-refractivity contribution < 1.29 is 9.53 Å². The molecule has 1 aromatic heterocycles. The summed E-state index contributed by atoms with van der Waals surface area (Å²) in [6.45, 7) is 5.97. The minimum Gasteiger partial charge on any atom is -0.484 e. The molecule has 3 rings (SSSR count). The summed E-state index contributed by atoms with van der Waals surface area (Å²) < 4.78 is 6.57. The largest absolute Gasteiger partial charge is 0.484 e. The van der Waals surface area contributed by atoms with E-state index in [0.717, 1.165) is 26.2 Å². The number of nitrogens with one attached hydrogen (secondary N) is 1. The van der Waals surface area contributed by atoms with Gasteiger partial charge in [0.2, 0.25) is 0 Å². The number of halogens is 1. The van der Waals surface area contributed by atoms with E-state index in [-0.39, 0.29) is 12.5 Å². The van der Waals surface area contributed by atoms with E-state index in [1.807, 2.05) is 44.2 Å². The Balaban J connectivity index is 1.63. The lowest BCUT2D eigenvalue weighted by Crippen LogP contribution is -2.20. The third-order valence-electron chi connectivity index (χ3n) is 3.87. The van der Waals surface area contributed by atoms with Gasteiger partial charge >= 0.3 is 0 Å². The number of rotatable bonds is 5. The molecule has 1 heterocycles. The zero-order valence-corrected chi connectivity index (χ0v) is 17.2. The van der Waals surface area contributed by atoms with Crippen molar-refractivity contribution in [1.82, 2.24) is 4.98 Å². The van der Waals surface area contributed by atoms with Crippen LogP contribution in [0, 0.1) is 20.8 Å². The summed E-state index contributed by atoms with van der Waals surface area (Å²) in [4.78, 5) is 17.8. The van der Waals surface area contributed by atoms with Crippen molar-refractivity contribution in [3.8, 4) is 17.0 Å². The topological polar surface area (TPSA) is 51.2 Å². The van der Waals surface area contributed by atoms with Crippen LogP contribution in [0.3, 0.4) is 0 Å². The Bertz CT molecular complexity index is 935. The lowest BCUT2D eigenvalue weighted by Gasteiger charge is -2.07. The third-order valence-corrected chi connectivity index (χ3v) is 5.64. The average molecular weight is 431 g/mol. The van der Waals surface area contributed by atoms with E-state index in [1.54, 1.807) is 0 Å². The van der Waals surface area contributed by atoms with Gasteiger partial charge in [-0.25, -0.2) is 4.98 Å². The molecule has 0 aliphatic carbocycles. The lowest BCUT2D eigenvalue weighted by atomic mass is 10.1. The number of anilines is 1. The summed E-state index contributed by atoms with van der Waals surface area (Å²) in [5.41, 5.74) is 4.21. The van der Waals surface area contributed by atoms with Crippen LogP contribution in [0.25, 0.3) is 11.3 Å². The number of thiazole rings is 1. The van der Waals surface area contributed by atoms with Gasteiger partial charge in [-0.15, -0.1) is 11.3 Å². The van der Waals surface area contributed by atoms with Crippen molar-refractivity contribution in [2.45, 2.75) is 20.8 Å². The van der Waals surface area contributed by atoms with Gasteiger partial charge in [-0.2, -0.15) is 0 Å². The highest BCUT2D eigenvalue weighted by Gasteiger charge is 2.12. The van der Waals surface area contributed by atoms with Gasteiger partial charge in [-0.1, -0.05) is 45.8 Å². The van der Waals surface area contributed by atoms with Crippen molar-refractivity contribution >= 4 is 38.3 Å². The maximum absolute atomic E-state index is 12.2. The Morgan fingerprint density at radius 1 is 1.15 bits per heavy atom. The van der Waals surface area contributed by atoms with Crippen LogP contribution in [-0.4, -0.2) is 17.5 Å². The molecule has 6 heteroatoms. The van der Waals surface area contributed by atoms with E-state index in [4.69, 9.17) is 4.74 Å². The molecule has 4 nitrogen and oxygen atoms in total. The fourth-order valence-electron chi connectivity index (χ4n) is 2.44. The number of aryl methyl sites for hydroxylation is 3. The van der Waals surface area contributed by atoms with E-state index in [2.05, 4.69) is 45.3 Å². The normalized spacial score (nSPS) is 10.6. The Kier molecular flexibility index (Phi) is 5.74. The molecule has 0 fully saturated rings. The van der Waals surface area contributed by atoms with Gasteiger partial charge in [-0.3, -0.25) is 10.1 Å². The molecule has 0 saturated carbocycles. The maximum atomic E-state index is 12.2. The van der Waals surface area contributed by atoms with Gasteiger partial charge in [0, 0.05) is 14.9 Å². The quantitative estimate of drug-likeness (QED) is 0.579. The molecule has 0 atom stereocenters. The van der Waals surface area contributed by atoms with Crippen molar-refractivity contribution in [2.24, 2.45) is 0 Å². The Hall–Kier alpha value is -2.18. The second kappa shape index (κ2) is 8.01. The van der Waals surface area contributed by atoms with Gasteiger partial charge in [0.15, 0.2) is 11.7 Å². The van der Waals surface area contributed by atoms with Crippen LogP contribution >= 0.6 is 27.3 Å². The molecule has 0 bridgehead atoms. The molecule has 1 N–H and O–H groups in total. The molecular formula is C20H19BrN2O2S. The predicted molar refractivity (Wildman–Crippen MR) is 110 cm³/mol. The number of benzene rings is 2. The predicted octanol–water partition coefficient (Wildman–Crippen LogP) is 5.52. The SMILES string of the molecule is Cc1ccc(-c2nc(NC(=O)COc3ccc(Br)c(C)c3)sc2C)cc1. The average Bonchev–Trinajstić information content (AvgIpc) is 2.97. The van der Waals surface area contributed by atoms with E-state index >= 15 is 0 Å². The number of carbonyl (C=O) groups is 1. The highest BCUT2D eigenvalue weighted by atomic mass is 79.9. The monoisotopic (exact) mass is 430 g/mol. The standard InChI is InChI=1S/C20H19BrN2O2S/c1-12-4-6-15(7-5-12)19-14(3)26-20(23-19)22-18(24)11-25-16-8-9-17(21)13(2)10-16/h4-10H,11H2,1-3H3,(H,22,23,24). The maximum Gasteiger partial charge on any atom is 0.264 e. The number of carbonyl (C=O) groups excluding carboxylic acids is 1.